The van der Waals surface area contributed by atoms with E-state index in [1.54, 1.807) is 12.4 Å². The van der Waals surface area contributed by atoms with E-state index in [1.165, 1.54) is 3.58 Å². The number of rotatable bonds is 2. The van der Waals surface area contributed by atoms with Crippen molar-refractivity contribution in [2.45, 2.75) is 11.4 Å². The molecule has 2 aliphatic rings. The Bertz CT molecular complexity index is 868. The first kappa shape index (κ1) is 18.4. The van der Waals surface area contributed by atoms with Gasteiger partial charge in [-0.25, -0.2) is 0 Å². The molecule has 0 aliphatic carbocycles. The molecule has 4 rings (SSSR count). The molecule has 0 amide bonds. The molecule has 2 aliphatic heterocycles. The maximum absolute atomic E-state index is 6.22. The van der Waals surface area contributed by atoms with E-state index in [0.29, 0.717) is 0 Å². The van der Waals surface area contributed by atoms with Crippen LogP contribution in [0.3, 0.4) is 0 Å². The quantitative estimate of drug-likeness (QED) is 0.538. The molecule has 5 heteroatoms. The number of fused-ring (bicyclic) bond motifs is 3. The topological polar surface area (TPSA) is 28.2 Å². The summed E-state index contributed by atoms with van der Waals surface area (Å²) in [6.45, 7) is 2.06. The van der Waals surface area contributed by atoms with E-state index in [4.69, 9.17) is 17.8 Å². The van der Waals surface area contributed by atoms with Crippen LogP contribution in [0.2, 0.25) is 4.44 Å². The Kier molecular flexibility index (Phi) is 6.15. The van der Waals surface area contributed by atoms with E-state index in [-0.39, 0.29) is 0 Å². The van der Waals surface area contributed by atoms with Crippen LogP contribution in [-0.2, 0) is 0 Å². The third-order valence-electron chi connectivity index (χ3n) is 3.98. The molecule has 128 valence electrons. The van der Waals surface area contributed by atoms with Gasteiger partial charge in [0, 0.05) is 0 Å². The molecule has 2 aromatic carbocycles. The van der Waals surface area contributed by atoms with Crippen LogP contribution < -0.4 is 14.0 Å². The standard InChI is InChI=1S/C12H8N2.C6H5.C2H5.2ClH.Sn/c1-3-9-5-6-10-4-2-8-14-12(10)11(9)13-7-1;1-2-4-6-5-3-1;1-2;;;/h1-8H;1-5H;1H2,2H3;2*1H;/q-2;;;;;+2/p-2. The molecule has 0 saturated carbocycles. The summed E-state index contributed by atoms with van der Waals surface area (Å²) in [5.74, 6) is 0. The average molecular weight is 476 g/mol. The third kappa shape index (κ3) is 4.43. The van der Waals surface area contributed by atoms with Crippen LogP contribution in [0.1, 0.15) is 6.92 Å². The first-order valence-corrected chi connectivity index (χ1v) is 18.8. The van der Waals surface area contributed by atoms with Gasteiger partial charge in [-0.2, -0.15) is 12.4 Å². The Morgan fingerprint density at radius 3 is 1.80 bits per heavy atom. The van der Waals surface area contributed by atoms with Gasteiger partial charge in [-0.1, -0.05) is 36.4 Å². The van der Waals surface area contributed by atoms with Gasteiger partial charge in [0.15, 0.2) is 0 Å². The summed E-state index contributed by atoms with van der Waals surface area (Å²) in [5.41, 5.74) is 1.95. The van der Waals surface area contributed by atoms with Gasteiger partial charge < -0.3 is 10.6 Å². The molecular formula is C20H18Cl2N2Sn-2. The van der Waals surface area contributed by atoms with Crippen LogP contribution in [0, 0.1) is 0 Å². The Labute approximate surface area is 159 Å². The second-order valence-corrected chi connectivity index (χ2v) is 23.3. The van der Waals surface area contributed by atoms with Crippen LogP contribution in [0.5, 0.6) is 0 Å². The van der Waals surface area contributed by atoms with E-state index in [1.807, 2.05) is 42.5 Å². The summed E-state index contributed by atoms with van der Waals surface area (Å²) >= 11 is -2.82. The van der Waals surface area contributed by atoms with E-state index in [9.17, 15) is 0 Å². The molecule has 2 nitrogen and oxygen atoms in total. The zero-order valence-electron chi connectivity index (χ0n) is 13.9. The molecular weight excluding hydrogens is 458 g/mol. The van der Waals surface area contributed by atoms with Crippen molar-refractivity contribution in [2.24, 2.45) is 0 Å². The predicted octanol–water partition coefficient (Wildman–Crippen LogP) is 5.15. The van der Waals surface area contributed by atoms with Crippen molar-refractivity contribution in [1.29, 1.82) is 0 Å². The number of hydrogen-bond donors (Lipinski definition) is 0. The van der Waals surface area contributed by atoms with Crippen molar-refractivity contribution < 1.29 is 0 Å². The fraction of sp³-hybridized carbons (Fsp3) is 0.100. The summed E-state index contributed by atoms with van der Waals surface area (Å²) in [6.07, 6.45) is 11.6. The normalized spacial score (nSPS) is 13.7. The van der Waals surface area contributed by atoms with Crippen molar-refractivity contribution in [3.63, 3.8) is 0 Å². The van der Waals surface area contributed by atoms with Crippen LogP contribution >= 0.6 is 17.8 Å². The van der Waals surface area contributed by atoms with E-state index >= 15 is 0 Å². The van der Waals surface area contributed by atoms with Crippen molar-refractivity contribution in [3.8, 4) is 0 Å². The van der Waals surface area contributed by atoms with E-state index < -0.39 is 16.1 Å². The monoisotopic (exact) mass is 476 g/mol. The van der Waals surface area contributed by atoms with Crippen LogP contribution in [-0.4, -0.2) is 16.1 Å². The molecule has 0 N–H and O–H groups in total. The number of allylic oxidation sites excluding steroid dienone is 2. The molecule has 0 saturated heterocycles. The summed E-state index contributed by atoms with van der Waals surface area (Å²) < 4.78 is 2.11. The van der Waals surface area contributed by atoms with Crippen LogP contribution in [0.25, 0.3) is 22.8 Å². The minimum atomic E-state index is -2.82. The molecule has 0 spiro atoms. The van der Waals surface area contributed by atoms with Crippen molar-refractivity contribution >= 4 is 61.1 Å². The van der Waals surface area contributed by atoms with Crippen molar-refractivity contribution in [1.82, 2.24) is 0 Å². The number of benzene rings is 2. The molecule has 0 unspecified atom stereocenters. The van der Waals surface area contributed by atoms with Gasteiger partial charge in [-0.15, -0.1) is 11.4 Å². The number of hydrogen-bond acceptors (Lipinski definition) is 0. The fourth-order valence-electron chi connectivity index (χ4n) is 2.57. The molecule has 2 aromatic rings. The van der Waals surface area contributed by atoms with Crippen molar-refractivity contribution in [2.75, 3.05) is 0 Å². The van der Waals surface area contributed by atoms with Gasteiger partial charge in [-0.05, 0) is 10.4 Å². The first-order valence-electron chi connectivity index (χ1n) is 8.13. The summed E-state index contributed by atoms with van der Waals surface area (Å²) in [6, 6.07) is 14.2. The molecule has 0 atom stereocenters. The zero-order chi connectivity index (χ0) is 17.7. The minimum absolute atomic E-state index is 0.932. The second kappa shape index (κ2) is 8.35. The molecule has 0 fully saturated rings. The Hall–Kier alpha value is -1.36. The zero-order valence-corrected chi connectivity index (χ0v) is 18.2. The van der Waals surface area contributed by atoms with E-state index in [0.717, 1.165) is 26.2 Å². The van der Waals surface area contributed by atoms with Gasteiger partial charge in [0.1, 0.15) is 0 Å². The number of nitrogens with zero attached hydrogens (tertiary/aromatic N) is 2. The van der Waals surface area contributed by atoms with Crippen molar-refractivity contribution in [3.05, 3.63) is 88.1 Å². The molecule has 0 aromatic heterocycles. The van der Waals surface area contributed by atoms with Crippen LogP contribution in [0.4, 0.5) is 11.4 Å². The second-order valence-electron chi connectivity index (χ2n) is 5.64. The first-order chi connectivity index (χ1) is 12.1. The predicted molar refractivity (Wildman–Crippen MR) is 113 cm³/mol. The summed E-state index contributed by atoms with van der Waals surface area (Å²) in [4.78, 5) is 0. The Morgan fingerprint density at radius 2 is 1.32 bits per heavy atom. The molecule has 0 bridgehead atoms. The molecule has 2 heterocycles. The SMILES string of the molecule is C1=C[N-]c2c3c(ccc2=C1)=CC=C[N-]3.C[CH2][Sn]([Cl])([Cl])[c]1ccccc1. The maximum atomic E-state index is 6.22. The Balaban J connectivity index is 0.000000151. The van der Waals surface area contributed by atoms with Gasteiger partial charge in [0.2, 0.25) is 0 Å². The summed E-state index contributed by atoms with van der Waals surface area (Å²) in [5, 5.41) is 11.0. The summed E-state index contributed by atoms with van der Waals surface area (Å²) in [7, 11) is 12.4. The van der Waals surface area contributed by atoms with Gasteiger partial charge in [0.25, 0.3) is 0 Å². The van der Waals surface area contributed by atoms with Crippen LogP contribution in [0.15, 0.2) is 67.0 Å². The van der Waals surface area contributed by atoms with Gasteiger partial charge in [0.05, 0.1) is 0 Å². The fourth-order valence-corrected chi connectivity index (χ4v) is 7.36. The Morgan fingerprint density at radius 1 is 0.800 bits per heavy atom. The van der Waals surface area contributed by atoms with Gasteiger partial charge >= 0.3 is 79.2 Å². The third-order valence-corrected chi connectivity index (χ3v) is 16.4. The molecule has 0 radical (unpaired) electrons. The van der Waals surface area contributed by atoms with Gasteiger partial charge in [-0.3, -0.25) is 0 Å². The van der Waals surface area contributed by atoms with E-state index in [2.05, 4.69) is 41.8 Å². The molecule has 25 heavy (non-hydrogen) atoms. The number of halogens is 2. The average Bonchev–Trinajstić information content (AvgIpc) is 2.69.